The van der Waals surface area contributed by atoms with E-state index >= 15 is 0 Å². The van der Waals surface area contributed by atoms with E-state index in [1.165, 1.54) is 18.2 Å². The van der Waals surface area contributed by atoms with Crippen molar-refractivity contribution in [2.24, 2.45) is 0 Å². The van der Waals surface area contributed by atoms with Gasteiger partial charge in [0.05, 0.1) is 17.3 Å². The van der Waals surface area contributed by atoms with Gasteiger partial charge in [-0.15, -0.1) is 0 Å². The van der Waals surface area contributed by atoms with Crippen molar-refractivity contribution in [2.75, 3.05) is 23.4 Å². The van der Waals surface area contributed by atoms with E-state index in [-0.39, 0.29) is 41.0 Å². The van der Waals surface area contributed by atoms with Crippen molar-refractivity contribution in [3.63, 3.8) is 0 Å². The van der Waals surface area contributed by atoms with E-state index < -0.39 is 23.8 Å². The molecule has 40 heavy (non-hydrogen) atoms. The van der Waals surface area contributed by atoms with Crippen LogP contribution < -0.4 is 25.0 Å². The van der Waals surface area contributed by atoms with Gasteiger partial charge in [0, 0.05) is 15.7 Å². The molecule has 0 unspecified atom stereocenters. The van der Waals surface area contributed by atoms with Crippen molar-refractivity contribution in [3.05, 3.63) is 86.4 Å². The maximum atomic E-state index is 13.3. The Morgan fingerprint density at radius 1 is 1.00 bits per heavy atom. The van der Waals surface area contributed by atoms with Crippen LogP contribution in [0.5, 0.6) is 11.5 Å². The fourth-order valence-electron chi connectivity index (χ4n) is 3.82. The number of amides is 5. The second-order valence-corrected chi connectivity index (χ2v) is 9.70. The van der Waals surface area contributed by atoms with Crippen LogP contribution in [-0.2, 0) is 14.4 Å². The summed E-state index contributed by atoms with van der Waals surface area (Å²) in [6.45, 7) is 3.25. The Morgan fingerprint density at radius 3 is 2.42 bits per heavy atom. The van der Waals surface area contributed by atoms with Crippen LogP contribution in [0, 0.1) is 6.92 Å². The van der Waals surface area contributed by atoms with Crippen LogP contribution >= 0.6 is 34.8 Å². The molecule has 12 heteroatoms. The third-order valence-corrected chi connectivity index (χ3v) is 6.64. The first kappa shape index (κ1) is 28.9. The topological polar surface area (TPSA) is 114 Å². The minimum atomic E-state index is -0.897. The largest absolute Gasteiger partial charge is 0.490 e. The Morgan fingerprint density at radius 2 is 1.73 bits per heavy atom. The average molecular weight is 603 g/mol. The van der Waals surface area contributed by atoms with Crippen molar-refractivity contribution >= 4 is 76.0 Å². The van der Waals surface area contributed by atoms with Gasteiger partial charge in [0.15, 0.2) is 18.1 Å². The molecule has 0 radical (unpaired) electrons. The molecule has 9 nitrogen and oxygen atoms in total. The molecule has 0 aromatic heterocycles. The first-order chi connectivity index (χ1) is 19.1. The maximum Gasteiger partial charge on any atom is 0.335 e. The number of nitrogens with one attached hydrogen (secondary N) is 2. The van der Waals surface area contributed by atoms with Gasteiger partial charge in [-0.1, -0.05) is 40.9 Å². The summed E-state index contributed by atoms with van der Waals surface area (Å²) in [4.78, 5) is 51.8. The van der Waals surface area contributed by atoms with Gasteiger partial charge in [0.2, 0.25) is 0 Å². The van der Waals surface area contributed by atoms with Crippen LogP contribution in [0.15, 0.2) is 60.2 Å². The lowest BCUT2D eigenvalue weighted by Crippen LogP contribution is -2.54. The molecule has 206 valence electrons. The molecule has 1 heterocycles. The zero-order chi connectivity index (χ0) is 29.0. The van der Waals surface area contributed by atoms with E-state index in [0.717, 1.165) is 4.90 Å². The number of hydrogen-bond donors (Lipinski definition) is 2. The predicted molar refractivity (Wildman–Crippen MR) is 153 cm³/mol. The zero-order valence-electron chi connectivity index (χ0n) is 21.2. The normalized spacial score (nSPS) is 14.3. The zero-order valence-corrected chi connectivity index (χ0v) is 23.5. The van der Waals surface area contributed by atoms with Crippen LogP contribution in [0.2, 0.25) is 15.1 Å². The van der Waals surface area contributed by atoms with Crippen LogP contribution in [0.4, 0.5) is 16.2 Å². The average Bonchev–Trinajstić information content (AvgIpc) is 2.90. The number of ether oxygens (including phenoxy) is 2. The van der Waals surface area contributed by atoms with Gasteiger partial charge in [-0.2, -0.15) is 0 Å². The standard InChI is InChI=1S/C28H22Cl3N3O6/c1-3-39-23-13-16(12-21(31)25(23)40-14-24(35)32-18-9-7-17(29)8-10-18)11-19-26(36)33-28(38)34(27(19)37)22-6-4-5-20(30)15(22)2/h4-13H,3,14H2,1-2H3,(H,32,35)(H,33,36,38)/b19-11+. The van der Waals surface area contributed by atoms with Gasteiger partial charge in [0.1, 0.15) is 5.57 Å². The number of urea groups is 1. The molecule has 0 aliphatic carbocycles. The lowest BCUT2D eigenvalue weighted by Gasteiger charge is -2.27. The SMILES string of the molecule is CCOc1cc(/C=C2\C(=O)NC(=O)N(c3cccc(Cl)c3C)C2=O)cc(Cl)c1OCC(=O)Nc1ccc(Cl)cc1. The quantitative estimate of drug-likeness (QED) is 0.240. The van der Waals surface area contributed by atoms with Crippen LogP contribution in [-0.4, -0.2) is 37.0 Å². The summed E-state index contributed by atoms with van der Waals surface area (Å²) >= 11 is 18.5. The minimum Gasteiger partial charge on any atom is -0.490 e. The molecule has 1 aliphatic heterocycles. The molecule has 1 saturated heterocycles. The molecular formula is C28H22Cl3N3O6. The van der Waals surface area contributed by atoms with E-state index in [1.807, 2.05) is 0 Å². The highest BCUT2D eigenvalue weighted by Gasteiger charge is 2.37. The Labute approximate surface area is 244 Å². The number of rotatable bonds is 8. The van der Waals surface area contributed by atoms with Crippen LogP contribution in [0.3, 0.4) is 0 Å². The van der Waals surface area contributed by atoms with Crippen LogP contribution in [0.25, 0.3) is 6.08 Å². The molecule has 5 amide bonds. The van der Waals surface area contributed by atoms with Crippen molar-refractivity contribution in [1.29, 1.82) is 0 Å². The number of halogens is 3. The summed E-state index contributed by atoms with van der Waals surface area (Å²) in [5, 5.41) is 5.80. The molecule has 4 rings (SSSR count). The van der Waals surface area contributed by atoms with Crippen molar-refractivity contribution < 1.29 is 28.7 Å². The second kappa shape index (κ2) is 12.4. The second-order valence-electron chi connectivity index (χ2n) is 8.45. The Hall–Kier alpha value is -4.05. The van der Waals surface area contributed by atoms with Crippen molar-refractivity contribution in [1.82, 2.24) is 5.32 Å². The monoisotopic (exact) mass is 601 g/mol. The summed E-state index contributed by atoms with van der Waals surface area (Å²) in [6, 6.07) is 13.4. The fraction of sp³-hybridized carbons (Fsp3) is 0.143. The molecule has 3 aromatic carbocycles. The minimum absolute atomic E-state index is 0.0689. The first-order valence-corrected chi connectivity index (χ1v) is 13.0. The van der Waals surface area contributed by atoms with Gasteiger partial charge < -0.3 is 14.8 Å². The Balaban J connectivity index is 1.60. The number of anilines is 2. The molecule has 1 fully saturated rings. The number of carbonyl (C=O) groups is 4. The summed E-state index contributed by atoms with van der Waals surface area (Å²) in [5.74, 6) is -1.88. The van der Waals surface area contributed by atoms with Gasteiger partial charge in [0.25, 0.3) is 17.7 Å². The van der Waals surface area contributed by atoms with E-state index in [0.29, 0.717) is 26.9 Å². The van der Waals surface area contributed by atoms with Gasteiger partial charge >= 0.3 is 6.03 Å². The predicted octanol–water partition coefficient (Wildman–Crippen LogP) is 6.04. The third-order valence-electron chi connectivity index (χ3n) is 5.70. The lowest BCUT2D eigenvalue weighted by molar-refractivity contribution is -0.122. The van der Waals surface area contributed by atoms with Gasteiger partial charge in [-0.05, 0) is 79.6 Å². The van der Waals surface area contributed by atoms with E-state index in [1.54, 1.807) is 56.3 Å². The molecule has 2 N–H and O–H groups in total. The Kier molecular flexibility index (Phi) is 8.99. The highest BCUT2D eigenvalue weighted by Crippen LogP contribution is 2.38. The van der Waals surface area contributed by atoms with E-state index in [4.69, 9.17) is 44.3 Å². The Bertz CT molecular complexity index is 1540. The summed E-state index contributed by atoms with van der Waals surface area (Å²) < 4.78 is 11.3. The third kappa shape index (κ3) is 6.39. The number of benzene rings is 3. The van der Waals surface area contributed by atoms with E-state index in [9.17, 15) is 19.2 Å². The maximum absolute atomic E-state index is 13.3. The summed E-state index contributed by atoms with van der Waals surface area (Å²) in [6.07, 6.45) is 1.28. The molecule has 0 atom stereocenters. The van der Waals surface area contributed by atoms with Gasteiger partial charge in [-0.3, -0.25) is 19.7 Å². The number of hydrogen-bond acceptors (Lipinski definition) is 6. The molecular weight excluding hydrogens is 581 g/mol. The summed E-state index contributed by atoms with van der Waals surface area (Å²) in [5.41, 5.74) is 1.27. The molecule has 1 aliphatic rings. The van der Waals surface area contributed by atoms with Crippen molar-refractivity contribution in [3.8, 4) is 11.5 Å². The highest BCUT2D eigenvalue weighted by atomic mass is 35.5. The highest BCUT2D eigenvalue weighted by molar-refractivity contribution is 6.40. The molecule has 0 saturated carbocycles. The van der Waals surface area contributed by atoms with Crippen LogP contribution in [0.1, 0.15) is 18.1 Å². The van der Waals surface area contributed by atoms with Gasteiger partial charge in [-0.25, -0.2) is 9.69 Å². The number of barbiturate groups is 1. The molecule has 0 spiro atoms. The number of nitrogens with zero attached hydrogens (tertiary/aromatic N) is 1. The smallest absolute Gasteiger partial charge is 0.335 e. The molecule has 3 aromatic rings. The van der Waals surface area contributed by atoms with Crippen molar-refractivity contribution in [2.45, 2.75) is 13.8 Å². The number of carbonyl (C=O) groups excluding carboxylic acids is 4. The number of imide groups is 2. The summed E-state index contributed by atoms with van der Waals surface area (Å²) in [7, 11) is 0. The molecule has 0 bridgehead atoms. The fourth-order valence-corrected chi connectivity index (χ4v) is 4.39. The van der Waals surface area contributed by atoms with E-state index in [2.05, 4.69) is 10.6 Å². The lowest BCUT2D eigenvalue weighted by atomic mass is 10.1. The first-order valence-electron chi connectivity index (χ1n) is 11.9.